The summed E-state index contributed by atoms with van der Waals surface area (Å²) in [5, 5.41) is 10.3. The number of hydrogen-bond acceptors (Lipinski definition) is 5. The van der Waals surface area contributed by atoms with Crippen molar-refractivity contribution in [3.8, 4) is 0 Å². The fourth-order valence-electron chi connectivity index (χ4n) is 3.29. The van der Waals surface area contributed by atoms with Gasteiger partial charge in [0.2, 0.25) is 5.91 Å². The van der Waals surface area contributed by atoms with Gasteiger partial charge in [-0.3, -0.25) is 9.69 Å². The molecule has 1 amide bonds. The topological polar surface area (TPSA) is 70.4 Å². The quantitative estimate of drug-likeness (QED) is 0.838. The number of hydrogen-bond donors (Lipinski definition) is 2. The van der Waals surface area contributed by atoms with E-state index in [0.29, 0.717) is 5.92 Å². The van der Waals surface area contributed by atoms with Gasteiger partial charge in [0, 0.05) is 25.7 Å². The van der Waals surface area contributed by atoms with Gasteiger partial charge < -0.3 is 15.2 Å². The molecule has 0 saturated carbocycles. The third kappa shape index (κ3) is 4.04. The lowest BCUT2D eigenvalue weighted by Gasteiger charge is -2.32. The molecule has 116 valence electrons. The Balaban J connectivity index is 1.42. The fourth-order valence-corrected chi connectivity index (χ4v) is 3.29. The van der Waals surface area contributed by atoms with Crippen molar-refractivity contribution in [2.45, 2.75) is 38.3 Å². The molecule has 3 heterocycles. The van der Waals surface area contributed by atoms with Crippen LogP contribution in [0.3, 0.4) is 0 Å². The molecule has 2 unspecified atom stereocenters. The summed E-state index contributed by atoms with van der Waals surface area (Å²) < 4.78 is 4.88. The lowest BCUT2D eigenvalue weighted by molar-refractivity contribution is -0.123. The SMILES string of the molecule is O=C(NCC1CCCN(Cc2ccon2)C1)C1CCCN1. The van der Waals surface area contributed by atoms with E-state index >= 15 is 0 Å². The van der Waals surface area contributed by atoms with Gasteiger partial charge >= 0.3 is 0 Å². The van der Waals surface area contributed by atoms with E-state index in [0.717, 1.165) is 51.3 Å². The maximum Gasteiger partial charge on any atom is 0.237 e. The average Bonchev–Trinajstić information content (AvgIpc) is 3.18. The summed E-state index contributed by atoms with van der Waals surface area (Å²) in [7, 11) is 0. The largest absolute Gasteiger partial charge is 0.364 e. The molecule has 1 aromatic rings. The van der Waals surface area contributed by atoms with Gasteiger partial charge in [-0.2, -0.15) is 0 Å². The third-order valence-corrected chi connectivity index (χ3v) is 4.42. The Hall–Kier alpha value is -1.40. The van der Waals surface area contributed by atoms with Crippen molar-refractivity contribution in [1.82, 2.24) is 20.7 Å². The maximum atomic E-state index is 12.0. The smallest absolute Gasteiger partial charge is 0.237 e. The average molecular weight is 292 g/mol. The molecule has 1 aromatic heterocycles. The summed E-state index contributed by atoms with van der Waals surface area (Å²) in [5.74, 6) is 0.706. The predicted molar refractivity (Wildman–Crippen MR) is 78.5 cm³/mol. The summed E-state index contributed by atoms with van der Waals surface area (Å²) in [6, 6.07) is 1.94. The minimum Gasteiger partial charge on any atom is -0.364 e. The summed E-state index contributed by atoms with van der Waals surface area (Å²) in [6.45, 7) is 4.71. The van der Waals surface area contributed by atoms with Gasteiger partial charge in [0.15, 0.2) is 0 Å². The number of rotatable bonds is 5. The molecule has 2 fully saturated rings. The number of nitrogens with zero attached hydrogens (tertiary/aromatic N) is 2. The number of aromatic nitrogens is 1. The second-order valence-electron chi connectivity index (χ2n) is 6.13. The van der Waals surface area contributed by atoms with E-state index in [1.165, 1.54) is 12.8 Å². The highest BCUT2D eigenvalue weighted by Crippen LogP contribution is 2.17. The van der Waals surface area contributed by atoms with E-state index in [-0.39, 0.29) is 11.9 Å². The molecule has 6 heteroatoms. The van der Waals surface area contributed by atoms with E-state index in [1.807, 2.05) is 6.07 Å². The van der Waals surface area contributed by atoms with Crippen LogP contribution in [0.15, 0.2) is 16.9 Å². The van der Waals surface area contributed by atoms with Crippen LogP contribution < -0.4 is 10.6 Å². The predicted octanol–water partition coefficient (Wildman–Crippen LogP) is 0.755. The minimum atomic E-state index is 0.0276. The number of likely N-dealkylation sites (tertiary alicyclic amines) is 1. The van der Waals surface area contributed by atoms with Crippen molar-refractivity contribution < 1.29 is 9.32 Å². The van der Waals surface area contributed by atoms with Crippen molar-refractivity contribution in [3.63, 3.8) is 0 Å². The fraction of sp³-hybridized carbons (Fsp3) is 0.733. The van der Waals surface area contributed by atoms with Crippen LogP contribution in [0.25, 0.3) is 0 Å². The molecule has 0 aromatic carbocycles. The molecule has 2 N–H and O–H groups in total. The Morgan fingerprint density at radius 2 is 2.43 bits per heavy atom. The van der Waals surface area contributed by atoms with Crippen LogP contribution in [-0.2, 0) is 11.3 Å². The van der Waals surface area contributed by atoms with Gasteiger partial charge in [-0.1, -0.05) is 5.16 Å². The highest BCUT2D eigenvalue weighted by atomic mass is 16.5. The van der Waals surface area contributed by atoms with E-state index in [9.17, 15) is 4.79 Å². The molecular formula is C15H24N4O2. The molecule has 0 radical (unpaired) electrons. The highest BCUT2D eigenvalue weighted by molar-refractivity contribution is 5.81. The first-order valence-corrected chi connectivity index (χ1v) is 7.94. The molecule has 2 saturated heterocycles. The summed E-state index contributed by atoms with van der Waals surface area (Å²) in [6.07, 6.45) is 6.06. The van der Waals surface area contributed by atoms with Gasteiger partial charge in [-0.25, -0.2) is 0 Å². The zero-order valence-corrected chi connectivity index (χ0v) is 12.4. The van der Waals surface area contributed by atoms with Crippen molar-refractivity contribution in [3.05, 3.63) is 18.0 Å². The second kappa shape index (κ2) is 7.04. The summed E-state index contributed by atoms with van der Waals surface area (Å²) in [5.41, 5.74) is 0.981. The van der Waals surface area contributed by atoms with Crippen LogP contribution in [0.5, 0.6) is 0 Å². The first kappa shape index (κ1) is 14.5. The van der Waals surface area contributed by atoms with E-state index < -0.39 is 0 Å². The van der Waals surface area contributed by atoms with Crippen LogP contribution in [0.1, 0.15) is 31.4 Å². The Labute approximate surface area is 125 Å². The first-order valence-electron chi connectivity index (χ1n) is 7.94. The molecule has 21 heavy (non-hydrogen) atoms. The molecule has 0 bridgehead atoms. The van der Waals surface area contributed by atoms with Crippen molar-refractivity contribution >= 4 is 5.91 Å². The molecule has 6 nitrogen and oxygen atoms in total. The van der Waals surface area contributed by atoms with E-state index in [2.05, 4.69) is 20.7 Å². The number of nitrogens with one attached hydrogen (secondary N) is 2. The highest BCUT2D eigenvalue weighted by Gasteiger charge is 2.24. The van der Waals surface area contributed by atoms with Crippen molar-refractivity contribution in [2.75, 3.05) is 26.2 Å². The Morgan fingerprint density at radius 1 is 1.48 bits per heavy atom. The first-order chi connectivity index (χ1) is 10.3. The Bertz CT molecular complexity index is 443. The van der Waals surface area contributed by atoms with Crippen molar-refractivity contribution in [1.29, 1.82) is 0 Å². The summed E-state index contributed by atoms with van der Waals surface area (Å²) >= 11 is 0. The molecule has 0 spiro atoms. The lowest BCUT2D eigenvalue weighted by atomic mass is 9.97. The number of amides is 1. The van der Waals surface area contributed by atoms with Gasteiger partial charge in [-0.05, 0) is 44.7 Å². The Morgan fingerprint density at radius 3 is 3.19 bits per heavy atom. The molecule has 3 rings (SSSR count). The number of carbonyl (C=O) groups is 1. The second-order valence-corrected chi connectivity index (χ2v) is 6.13. The van der Waals surface area contributed by atoms with Crippen LogP contribution in [0.2, 0.25) is 0 Å². The van der Waals surface area contributed by atoms with Crippen LogP contribution in [-0.4, -0.2) is 48.2 Å². The normalized spacial score (nSPS) is 26.9. The zero-order valence-electron chi connectivity index (χ0n) is 12.4. The Kier molecular flexibility index (Phi) is 4.87. The number of piperidine rings is 1. The zero-order chi connectivity index (χ0) is 14.5. The monoisotopic (exact) mass is 292 g/mol. The molecule has 2 atom stereocenters. The van der Waals surface area contributed by atoms with Crippen molar-refractivity contribution in [2.24, 2.45) is 5.92 Å². The van der Waals surface area contributed by atoms with Crippen LogP contribution in [0, 0.1) is 5.92 Å². The summed E-state index contributed by atoms with van der Waals surface area (Å²) in [4.78, 5) is 14.4. The van der Waals surface area contributed by atoms with Gasteiger partial charge in [0.1, 0.15) is 6.26 Å². The van der Waals surface area contributed by atoms with Gasteiger partial charge in [0.05, 0.1) is 11.7 Å². The van der Waals surface area contributed by atoms with Crippen LogP contribution in [0.4, 0.5) is 0 Å². The van der Waals surface area contributed by atoms with E-state index in [1.54, 1.807) is 6.26 Å². The van der Waals surface area contributed by atoms with Gasteiger partial charge in [-0.15, -0.1) is 0 Å². The molecule has 2 aliphatic rings. The lowest BCUT2D eigenvalue weighted by Crippen LogP contribution is -2.45. The number of carbonyl (C=O) groups excluding carboxylic acids is 1. The standard InChI is InChI=1S/C15H24N4O2/c20-15(14-4-1-6-16-14)17-9-12-3-2-7-19(10-12)11-13-5-8-21-18-13/h5,8,12,14,16H,1-4,6-7,9-11H2,(H,17,20). The molecular weight excluding hydrogens is 268 g/mol. The van der Waals surface area contributed by atoms with Gasteiger partial charge in [0.25, 0.3) is 0 Å². The van der Waals surface area contributed by atoms with Crippen LogP contribution >= 0.6 is 0 Å². The van der Waals surface area contributed by atoms with E-state index in [4.69, 9.17) is 4.52 Å². The third-order valence-electron chi connectivity index (χ3n) is 4.42. The molecule has 2 aliphatic heterocycles. The maximum absolute atomic E-state index is 12.0. The minimum absolute atomic E-state index is 0.0276. The molecule has 0 aliphatic carbocycles.